The van der Waals surface area contributed by atoms with Gasteiger partial charge in [-0.05, 0) is 38.1 Å². The second kappa shape index (κ2) is 9.51. The van der Waals surface area contributed by atoms with Crippen LogP contribution in [0.25, 0.3) is 27.8 Å². The van der Waals surface area contributed by atoms with Crippen LogP contribution in [0.5, 0.6) is 0 Å². The minimum absolute atomic E-state index is 0.578. The molecule has 0 atom stereocenters. The summed E-state index contributed by atoms with van der Waals surface area (Å²) in [4.78, 5) is 20.7. The monoisotopic (exact) mass is 511 g/mol. The third-order valence-corrected chi connectivity index (χ3v) is 6.67. The summed E-state index contributed by atoms with van der Waals surface area (Å²) in [5, 5.41) is 23.2. The molecule has 11 nitrogen and oxygen atoms in total. The minimum Gasteiger partial charge on any atom is -0.386 e. The van der Waals surface area contributed by atoms with Gasteiger partial charge in [0.15, 0.2) is 11.5 Å². The molecule has 0 spiro atoms. The number of aliphatic hydroxyl groups is 1. The van der Waals surface area contributed by atoms with Gasteiger partial charge in [0, 0.05) is 60.6 Å². The lowest BCUT2D eigenvalue weighted by molar-refractivity contribution is 0.0782. The molecule has 6 rings (SSSR count). The van der Waals surface area contributed by atoms with Crippen molar-refractivity contribution in [1.82, 2.24) is 29.5 Å². The number of hydrogen-bond donors (Lipinski definition) is 3. The fraction of sp³-hybridized carbons (Fsp3) is 0.296. The average Bonchev–Trinajstić information content (AvgIpc) is 3.36. The number of ether oxygens (including phenoxy) is 1. The quantitative estimate of drug-likeness (QED) is 0.311. The van der Waals surface area contributed by atoms with E-state index in [4.69, 9.17) is 14.8 Å². The number of nitrogens with zero attached hydrogens (tertiary/aromatic N) is 7. The lowest BCUT2D eigenvalue weighted by atomic mass is 10.0. The molecule has 1 aliphatic rings. The molecule has 11 heteroatoms. The molecule has 3 N–H and O–H groups in total. The maximum absolute atomic E-state index is 10.2. The van der Waals surface area contributed by atoms with Crippen LogP contribution < -0.4 is 15.5 Å². The van der Waals surface area contributed by atoms with Crippen molar-refractivity contribution in [3.05, 3.63) is 60.7 Å². The highest BCUT2D eigenvalue weighted by Crippen LogP contribution is 2.32. The molecule has 0 aliphatic carbocycles. The smallest absolute Gasteiger partial charge is 0.184 e. The molecule has 5 aromatic heterocycles. The Bertz CT molecular complexity index is 1600. The summed E-state index contributed by atoms with van der Waals surface area (Å²) in [5.41, 5.74) is 2.42. The Kier molecular flexibility index (Phi) is 6.01. The van der Waals surface area contributed by atoms with Gasteiger partial charge < -0.3 is 25.4 Å². The van der Waals surface area contributed by atoms with Gasteiger partial charge in [-0.3, -0.25) is 0 Å². The second-order valence-corrected chi connectivity index (χ2v) is 9.73. The molecule has 6 heterocycles. The van der Waals surface area contributed by atoms with E-state index in [1.165, 1.54) is 0 Å². The third-order valence-electron chi connectivity index (χ3n) is 6.67. The van der Waals surface area contributed by atoms with Gasteiger partial charge in [0.25, 0.3) is 0 Å². The highest BCUT2D eigenvalue weighted by atomic mass is 16.5. The van der Waals surface area contributed by atoms with Crippen molar-refractivity contribution in [2.24, 2.45) is 0 Å². The molecule has 0 bridgehead atoms. The predicted octanol–water partition coefficient (Wildman–Crippen LogP) is 3.58. The van der Waals surface area contributed by atoms with Crippen LogP contribution in [0.3, 0.4) is 0 Å². The van der Waals surface area contributed by atoms with Crippen molar-refractivity contribution in [2.75, 3.05) is 48.9 Å². The van der Waals surface area contributed by atoms with E-state index < -0.39 is 5.60 Å². The molecule has 0 amide bonds. The van der Waals surface area contributed by atoms with Crippen molar-refractivity contribution in [3.8, 4) is 11.4 Å². The molecular weight excluding hydrogens is 482 g/mol. The van der Waals surface area contributed by atoms with Crippen LogP contribution in [0.4, 0.5) is 23.1 Å². The van der Waals surface area contributed by atoms with E-state index in [-0.39, 0.29) is 0 Å². The van der Waals surface area contributed by atoms with Gasteiger partial charge in [0.05, 0.1) is 30.7 Å². The Morgan fingerprint density at radius 2 is 1.76 bits per heavy atom. The van der Waals surface area contributed by atoms with E-state index >= 15 is 0 Å². The van der Waals surface area contributed by atoms with Gasteiger partial charge in [0.1, 0.15) is 17.5 Å². The van der Waals surface area contributed by atoms with Gasteiger partial charge in [-0.2, -0.15) is 0 Å². The Morgan fingerprint density at radius 3 is 2.50 bits per heavy atom. The van der Waals surface area contributed by atoms with Crippen LogP contribution in [0, 0.1) is 0 Å². The molecule has 1 aliphatic heterocycles. The summed E-state index contributed by atoms with van der Waals surface area (Å²) < 4.78 is 7.30. The summed E-state index contributed by atoms with van der Waals surface area (Å²) in [7, 11) is 1.83. The molecule has 0 unspecified atom stereocenters. The van der Waals surface area contributed by atoms with E-state index in [0.29, 0.717) is 23.3 Å². The van der Waals surface area contributed by atoms with Crippen molar-refractivity contribution < 1.29 is 9.84 Å². The maximum atomic E-state index is 10.2. The van der Waals surface area contributed by atoms with E-state index in [9.17, 15) is 5.11 Å². The van der Waals surface area contributed by atoms with Crippen LogP contribution in [0.15, 0.2) is 55.1 Å². The second-order valence-electron chi connectivity index (χ2n) is 9.73. The number of pyridine rings is 4. The molecule has 0 saturated carbocycles. The number of anilines is 4. The fourth-order valence-electron chi connectivity index (χ4n) is 4.54. The normalized spacial score (nSPS) is 14.3. The van der Waals surface area contributed by atoms with Crippen LogP contribution in [-0.2, 0) is 10.3 Å². The third kappa shape index (κ3) is 4.57. The largest absolute Gasteiger partial charge is 0.386 e. The molecule has 1 fully saturated rings. The zero-order chi connectivity index (χ0) is 26.3. The lowest BCUT2D eigenvalue weighted by Gasteiger charge is -2.28. The summed E-state index contributed by atoms with van der Waals surface area (Å²) in [5.74, 6) is 2.53. The SMILES string of the molecule is CNc1ncc(-c2nc3ccc(N4CCOCC4)cn3n2)c2cc(Nc3ccc(C(C)(C)O)cn3)ncc12. The van der Waals surface area contributed by atoms with Gasteiger partial charge in [0.2, 0.25) is 0 Å². The predicted molar refractivity (Wildman–Crippen MR) is 147 cm³/mol. The molecule has 194 valence electrons. The zero-order valence-corrected chi connectivity index (χ0v) is 21.5. The van der Waals surface area contributed by atoms with Crippen LogP contribution in [0.2, 0.25) is 0 Å². The van der Waals surface area contributed by atoms with E-state index in [1.54, 1.807) is 32.4 Å². The summed E-state index contributed by atoms with van der Waals surface area (Å²) in [6.07, 6.45) is 7.22. The lowest BCUT2D eigenvalue weighted by Crippen LogP contribution is -2.36. The molecule has 0 aromatic carbocycles. The van der Waals surface area contributed by atoms with E-state index in [1.807, 2.05) is 42.0 Å². The van der Waals surface area contributed by atoms with Crippen LogP contribution in [-0.4, -0.2) is 68.0 Å². The fourth-order valence-corrected chi connectivity index (χ4v) is 4.54. The van der Waals surface area contributed by atoms with E-state index in [0.717, 1.165) is 59.5 Å². The maximum Gasteiger partial charge on any atom is 0.184 e. The number of nitrogens with one attached hydrogen (secondary N) is 2. The Balaban J connectivity index is 1.37. The van der Waals surface area contributed by atoms with Crippen molar-refractivity contribution in [3.63, 3.8) is 0 Å². The van der Waals surface area contributed by atoms with Crippen molar-refractivity contribution in [1.29, 1.82) is 0 Å². The first-order chi connectivity index (χ1) is 18.4. The number of morpholine rings is 1. The standard InChI is InChI=1S/C27H29N9O2/c1-27(2,37)17-4-6-22(29-13-17)32-23-12-19-20(14-30-23)25(28-3)31-15-21(19)26-33-24-7-5-18(16-36(24)34-26)35-8-10-38-11-9-35/h4-7,12-16,37H,8-11H2,1-3H3,(H,28,31)(H,29,30,32). The molecule has 1 saturated heterocycles. The van der Waals surface area contributed by atoms with Crippen molar-refractivity contribution >= 4 is 39.6 Å². The Labute approximate surface area is 219 Å². The molecular formula is C27H29N9O2. The average molecular weight is 512 g/mol. The zero-order valence-electron chi connectivity index (χ0n) is 21.5. The van der Waals surface area contributed by atoms with Crippen LogP contribution in [0.1, 0.15) is 19.4 Å². The number of rotatable bonds is 6. The Morgan fingerprint density at radius 1 is 0.947 bits per heavy atom. The van der Waals surface area contributed by atoms with Gasteiger partial charge in [-0.25, -0.2) is 24.5 Å². The number of fused-ring (bicyclic) bond motifs is 2. The minimum atomic E-state index is -0.956. The Hall–Kier alpha value is -4.35. The first-order valence-electron chi connectivity index (χ1n) is 12.5. The first-order valence-corrected chi connectivity index (χ1v) is 12.5. The highest BCUT2D eigenvalue weighted by molar-refractivity contribution is 6.01. The summed E-state index contributed by atoms with van der Waals surface area (Å²) in [6.45, 7) is 6.61. The molecule has 0 radical (unpaired) electrons. The highest BCUT2D eigenvalue weighted by Gasteiger charge is 2.18. The number of aromatic nitrogens is 6. The first kappa shape index (κ1) is 24.0. The van der Waals surface area contributed by atoms with Crippen molar-refractivity contribution in [2.45, 2.75) is 19.4 Å². The number of hydrogen-bond acceptors (Lipinski definition) is 10. The molecule has 5 aromatic rings. The molecule has 38 heavy (non-hydrogen) atoms. The summed E-state index contributed by atoms with van der Waals surface area (Å²) in [6, 6.07) is 9.67. The van der Waals surface area contributed by atoms with E-state index in [2.05, 4.69) is 36.6 Å². The van der Waals surface area contributed by atoms with Crippen LogP contribution >= 0.6 is 0 Å². The summed E-state index contributed by atoms with van der Waals surface area (Å²) >= 11 is 0. The van der Waals surface area contributed by atoms with Gasteiger partial charge in [-0.1, -0.05) is 6.07 Å². The topological polar surface area (TPSA) is 126 Å². The van der Waals surface area contributed by atoms with Gasteiger partial charge in [-0.15, -0.1) is 5.10 Å². The van der Waals surface area contributed by atoms with Gasteiger partial charge >= 0.3 is 0 Å².